The first-order valence-corrected chi connectivity index (χ1v) is 6.95. The summed E-state index contributed by atoms with van der Waals surface area (Å²) in [5, 5.41) is 4.51. The molecule has 0 aliphatic heterocycles. The molecule has 0 amide bonds. The van der Waals surface area contributed by atoms with Crippen LogP contribution in [0, 0.1) is 0 Å². The molecule has 0 bridgehead atoms. The van der Waals surface area contributed by atoms with E-state index in [1.807, 2.05) is 19.1 Å². The second kappa shape index (κ2) is 6.72. The third kappa shape index (κ3) is 4.21. The van der Waals surface area contributed by atoms with Crippen LogP contribution in [-0.4, -0.2) is 21.0 Å². The zero-order chi connectivity index (χ0) is 14.5. The number of rotatable bonds is 5. The van der Waals surface area contributed by atoms with E-state index in [-0.39, 0.29) is 12.0 Å². The minimum Gasteiger partial charge on any atom is -0.368 e. The average Bonchev–Trinajstić information content (AvgIpc) is 2.37. The molecule has 0 saturated carbocycles. The lowest BCUT2D eigenvalue weighted by atomic mass is 10.1. The molecule has 106 valence electrons. The van der Waals surface area contributed by atoms with Gasteiger partial charge >= 0.3 is 0 Å². The van der Waals surface area contributed by atoms with Gasteiger partial charge in [0.05, 0.1) is 0 Å². The van der Waals surface area contributed by atoms with E-state index in [9.17, 15) is 0 Å². The summed E-state index contributed by atoms with van der Waals surface area (Å²) < 4.78 is 0. The zero-order valence-corrected chi connectivity index (χ0v) is 12.5. The molecular formula is C13H15Cl2N5. The predicted molar refractivity (Wildman–Crippen MR) is 82.1 cm³/mol. The predicted octanol–water partition coefficient (Wildman–Crippen LogP) is 3.19. The van der Waals surface area contributed by atoms with E-state index in [4.69, 9.17) is 28.9 Å². The Balaban J connectivity index is 1.90. The van der Waals surface area contributed by atoms with Gasteiger partial charge in [-0.2, -0.15) is 4.98 Å². The summed E-state index contributed by atoms with van der Waals surface area (Å²) in [5.41, 5.74) is 6.57. The topological polar surface area (TPSA) is 76.7 Å². The van der Waals surface area contributed by atoms with E-state index < -0.39 is 0 Å². The number of halogens is 2. The number of nitrogen functional groups attached to an aromatic ring is 1. The van der Waals surface area contributed by atoms with Gasteiger partial charge in [0.15, 0.2) is 0 Å². The molecule has 0 spiro atoms. The van der Waals surface area contributed by atoms with Crippen molar-refractivity contribution >= 4 is 35.1 Å². The Bertz CT molecular complexity index is 591. The van der Waals surface area contributed by atoms with Gasteiger partial charge in [-0.05, 0) is 37.5 Å². The van der Waals surface area contributed by atoms with Gasteiger partial charge in [0.2, 0.25) is 11.9 Å². The Kier molecular flexibility index (Phi) is 4.98. The average molecular weight is 312 g/mol. The number of aromatic nitrogens is 3. The van der Waals surface area contributed by atoms with E-state index in [2.05, 4.69) is 20.3 Å². The van der Waals surface area contributed by atoms with Crippen molar-refractivity contribution in [1.29, 1.82) is 0 Å². The molecule has 5 nitrogen and oxygen atoms in total. The van der Waals surface area contributed by atoms with Crippen LogP contribution in [0.5, 0.6) is 0 Å². The fourth-order valence-electron chi connectivity index (χ4n) is 1.77. The molecule has 0 fully saturated rings. The minimum atomic E-state index is 0.184. The normalized spacial score (nSPS) is 12.2. The maximum absolute atomic E-state index is 6.14. The van der Waals surface area contributed by atoms with Gasteiger partial charge in [-0.25, -0.2) is 9.97 Å². The van der Waals surface area contributed by atoms with Crippen LogP contribution in [-0.2, 0) is 6.42 Å². The van der Waals surface area contributed by atoms with Gasteiger partial charge in [-0.1, -0.05) is 29.3 Å². The fourth-order valence-corrected chi connectivity index (χ4v) is 2.27. The number of hydrogen-bond donors (Lipinski definition) is 2. The van der Waals surface area contributed by atoms with Crippen LogP contribution in [0.3, 0.4) is 0 Å². The van der Waals surface area contributed by atoms with Gasteiger partial charge in [0.25, 0.3) is 0 Å². The Hall–Kier alpha value is -1.59. The minimum absolute atomic E-state index is 0.184. The van der Waals surface area contributed by atoms with Crippen molar-refractivity contribution in [1.82, 2.24) is 15.0 Å². The van der Waals surface area contributed by atoms with Crippen molar-refractivity contribution in [2.75, 3.05) is 11.1 Å². The lowest BCUT2D eigenvalue weighted by Gasteiger charge is -2.14. The highest BCUT2D eigenvalue weighted by Crippen LogP contribution is 2.22. The Morgan fingerprint density at radius 1 is 1.30 bits per heavy atom. The highest BCUT2D eigenvalue weighted by Gasteiger charge is 2.07. The molecule has 2 rings (SSSR count). The van der Waals surface area contributed by atoms with Crippen molar-refractivity contribution in [3.05, 3.63) is 40.1 Å². The molecule has 1 aromatic carbocycles. The smallest absolute Gasteiger partial charge is 0.227 e. The number of aryl methyl sites for hydroxylation is 1. The zero-order valence-electron chi connectivity index (χ0n) is 11.0. The summed E-state index contributed by atoms with van der Waals surface area (Å²) in [7, 11) is 0. The Morgan fingerprint density at radius 3 is 2.80 bits per heavy atom. The van der Waals surface area contributed by atoms with Crippen molar-refractivity contribution in [2.24, 2.45) is 0 Å². The van der Waals surface area contributed by atoms with Crippen molar-refractivity contribution in [3.63, 3.8) is 0 Å². The van der Waals surface area contributed by atoms with E-state index in [1.54, 1.807) is 6.07 Å². The Morgan fingerprint density at radius 2 is 2.10 bits per heavy atom. The molecule has 0 saturated heterocycles. The Labute approximate surface area is 127 Å². The molecule has 1 atom stereocenters. The van der Waals surface area contributed by atoms with Crippen LogP contribution < -0.4 is 11.1 Å². The summed E-state index contributed by atoms with van der Waals surface area (Å²) in [6.45, 7) is 2.05. The van der Waals surface area contributed by atoms with E-state index >= 15 is 0 Å². The summed E-state index contributed by atoms with van der Waals surface area (Å²) in [6.07, 6.45) is 3.10. The molecule has 2 aromatic rings. The fraction of sp³-hybridized carbons (Fsp3) is 0.308. The van der Waals surface area contributed by atoms with Crippen LogP contribution in [0.15, 0.2) is 24.5 Å². The summed E-state index contributed by atoms with van der Waals surface area (Å²) in [4.78, 5) is 11.8. The van der Waals surface area contributed by atoms with Crippen LogP contribution in [0.1, 0.15) is 18.9 Å². The van der Waals surface area contributed by atoms with Gasteiger partial charge in [0.1, 0.15) is 6.33 Å². The van der Waals surface area contributed by atoms with Crippen LogP contribution >= 0.6 is 23.2 Å². The molecule has 0 radical (unpaired) electrons. The second-order valence-corrected chi connectivity index (χ2v) is 5.33. The molecule has 3 N–H and O–H groups in total. The second-order valence-electron chi connectivity index (χ2n) is 4.49. The van der Waals surface area contributed by atoms with Gasteiger partial charge in [0, 0.05) is 16.1 Å². The third-order valence-corrected chi connectivity index (χ3v) is 3.41. The van der Waals surface area contributed by atoms with Crippen molar-refractivity contribution in [3.8, 4) is 0 Å². The molecule has 0 aliphatic carbocycles. The van der Waals surface area contributed by atoms with Crippen molar-refractivity contribution < 1.29 is 0 Å². The number of benzene rings is 1. The van der Waals surface area contributed by atoms with Gasteiger partial charge < -0.3 is 11.1 Å². The maximum Gasteiger partial charge on any atom is 0.227 e. The first kappa shape index (κ1) is 14.8. The van der Waals surface area contributed by atoms with E-state index in [1.165, 1.54) is 6.33 Å². The number of nitrogens with two attached hydrogens (primary N) is 1. The number of anilines is 2. The standard InChI is InChI=1S/C13H15Cl2N5/c1-8(19-13-18-7-17-12(16)20-13)2-3-9-4-5-10(14)6-11(9)15/h4-8H,2-3H2,1H3,(H3,16,17,18,19,20). The molecule has 1 heterocycles. The monoisotopic (exact) mass is 311 g/mol. The lowest BCUT2D eigenvalue weighted by Crippen LogP contribution is -2.18. The van der Waals surface area contributed by atoms with Crippen LogP contribution in [0.4, 0.5) is 11.9 Å². The molecular weight excluding hydrogens is 297 g/mol. The van der Waals surface area contributed by atoms with Gasteiger partial charge in [-0.3, -0.25) is 0 Å². The SMILES string of the molecule is CC(CCc1ccc(Cl)cc1Cl)Nc1ncnc(N)n1. The summed E-state index contributed by atoms with van der Waals surface area (Å²) in [5.74, 6) is 0.683. The molecule has 20 heavy (non-hydrogen) atoms. The largest absolute Gasteiger partial charge is 0.368 e. The van der Waals surface area contributed by atoms with Gasteiger partial charge in [-0.15, -0.1) is 0 Å². The van der Waals surface area contributed by atoms with E-state index in [0.717, 1.165) is 18.4 Å². The first-order chi connectivity index (χ1) is 9.54. The molecule has 7 heteroatoms. The third-order valence-electron chi connectivity index (χ3n) is 2.83. The first-order valence-electron chi connectivity index (χ1n) is 6.19. The van der Waals surface area contributed by atoms with Crippen molar-refractivity contribution in [2.45, 2.75) is 25.8 Å². The molecule has 1 unspecified atom stereocenters. The summed E-state index contributed by atoms with van der Waals surface area (Å²) in [6, 6.07) is 5.72. The number of hydrogen-bond acceptors (Lipinski definition) is 5. The number of nitrogens with one attached hydrogen (secondary N) is 1. The highest BCUT2D eigenvalue weighted by molar-refractivity contribution is 6.35. The summed E-state index contributed by atoms with van der Waals surface area (Å²) >= 11 is 12.0. The quantitative estimate of drug-likeness (QED) is 0.886. The number of nitrogens with zero attached hydrogens (tertiary/aromatic N) is 3. The molecule has 1 aromatic heterocycles. The van der Waals surface area contributed by atoms with E-state index in [0.29, 0.717) is 16.0 Å². The highest BCUT2D eigenvalue weighted by atomic mass is 35.5. The maximum atomic E-state index is 6.14. The lowest BCUT2D eigenvalue weighted by molar-refractivity contribution is 0.698. The van der Waals surface area contributed by atoms with Crippen LogP contribution in [0.25, 0.3) is 0 Å². The van der Waals surface area contributed by atoms with Crippen LogP contribution in [0.2, 0.25) is 10.0 Å². The molecule has 0 aliphatic rings.